The fraction of sp³-hybridized carbons (Fsp3) is 0.500. The first-order valence-corrected chi connectivity index (χ1v) is 7.44. The zero-order valence-electron chi connectivity index (χ0n) is 12.5. The highest BCUT2D eigenvalue weighted by atomic mass is 16.2. The monoisotopic (exact) mass is 289 g/mol. The molecule has 1 unspecified atom stereocenters. The topological polar surface area (TPSA) is 75.4 Å². The van der Waals surface area contributed by atoms with Crippen molar-refractivity contribution in [3.63, 3.8) is 0 Å². The Labute approximate surface area is 125 Å². The number of benzene rings is 1. The Kier molecular flexibility index (Phi) is 5.20. The van der Waals surface area contributed by atoms with Crippen molar-refractivity contribution >= 4 is 17.5 Å². The van der Waals surface area contributed by atoms with Crippen LogP contribution in [0.2, 0.25) is 0 Å². The molecule has 1 saturated heterocycles. The molecule has 1 aliphatic heterocycles. The molecule has 5 heteroatoms. The van der Waals surface area contributed by atoms with E-state index in [2.05, 4.69) is 5.32 Å². The van der Waals surface area contributed by atoms with Gasteiger partial charge in [-0.15, -0.1) is 0 Å². The molecule has 3 N–H and O–H groups in total. The first kappa shape index (κ1) is 15.4. The van der Waals surface area contributed by atoms with Gasteiger partial charge in [0, 0.05) is 32.2 Å². The molecule has 5 nitrogen and oxygen atoms in total. The van der Waals surface area contributed by atoms with Gasteiger partial charge in [-0.2, -0.15) is 0 Å². The molecule has 0 radical (unpaired) electrons. The van der Waals surface area contributed by atoms with Crippen LogP contribution in [0.5, 0.6) is 0 Å². The molecule has 0 spiro atoms. The minimum absolute atomic E-state index is 0.0334. The number of likely N-dealkylation sites (tertiary alicyclic amines) is 1. The summed E-state index contributed by atoms with van der Waals surface area (Å²) in [4.78, 5) is 25.8. The Morgan fingerprint density at radius 2 is 2.05 bits per heavy atom. The maximum Gasteiger partial charge on any atom is 0.224 e. The fourth-order valence-corrected chi connectivity index (χ4v) is 2.72. The van der Waals surface area contributed by atoms with Crippen LogP contribution in [0.3, 0.4) is 0 Å². The number of nitrogens with one attached hydrogen (secondary N) is 1. The second kappa shape index (κ2) is 7.11. The van der Waals surface area contributed by atoms with Gasteiger partial charge in [-0.1, -0.05) is 12.1 Å². The summed E-state index contributed by atoms with van der Waals surface area (Å²) in [6.07, 6.45) is 2.94. The summed E-state index contributed by atoms with van der Waals surface area (Å²) in [5.74, 6) is 0.0932. The van der Waals surface area contributed by atoms with Gasteiger partial charge in [0.05, 0.1) is 5.92 Å². The van der Waals surface area contributed by atoms with E-state index in [1.54, 1.807) is 7.05 Å². The number of carbonyl (C=O) groups is 2. The molecule has 1 aliphatic rings. The maximum atomic E-state index is 12.3. The molecular weight excluding hydrogens is 266 g/mol. The number of anilines is 1. The highest BCUT2D eigenvalue weighted by molar-refractivity contribution is 5.81. The highest BCUT2D eigenvalue weighted by Gasteiger charge is 2.27. The smallest absolute Gasteiger partial charge is 0.224 e. The summed E-state index contributed by atoms with van der Waals surface area (Å²) in [6.45, 7) is 1.30. The predicted molar refractivity (Wildman–Crippen MR) is 82.5 cm³/mol. The normalized spacial score (nSPS) is 18.3. The van der Waals surface area contributed by atoms with E-state index in [-0.39, 0.29) is 17.7 Å². The number of nitrogen functional groups attached to an aromatic ring is 1. The lowest BCUT2D eigenvalue weighted by Crippen LogP contribution is -2.44. The SMILES string of the molecule is CNC(=O)C1CCCN(C(=O)CCc2ccc(N)cc2)C1. The molecule has 1 atom stereocenters. The van der Waals surface area contributed by atoms with Gasteiger partial charge in [0.15, 0.2) is 0 Å². The molecule has 1 aromatic rings. The average molecular weight is 289 g/mol. The summed E-state index contributed by atoms with van der Waals surface area (Å²) >= 11 is 0. The molecular formula is C16H23N3O2. The Bertz CT molecular complexity index is 499. The standard InChI is InChI=1S/C16H23N3O2/c1-18-16(21)13-3-2-10-19(11-13)15(20)9-6-12-4-7-14(17)8-5-12/h4-5,7-8,13H,2-3,6,9-11,17H2,1H3,(H,18,21). The van der Waals surface area contributed by atoms with E-state index in [1.807, 2.05) is 29.2 Å². The van der Waals surface area contributed by atoms with E-state index < -0.39 is 0 Å². The first-order chi connectivity index (χ1) is 10.1. The Morgan fingerprint density at radius 3 is 2.71 bits per heavy atom. The maximum absolute atomic E-state index is 12.3. The molecule has 0 aliphatic carbocycles. The van der Waals surface area contributed by atoms with Gasteiger partial charge < -0.3 is 16.0 Å². The molecule has 0 bridgehead atoms. The lowest BCUT2D eigenvalue weighted by molar-refractivity contribution is -0.135. The number of nitrogens with zero attached hydrogens (tertiary/aromatic N) is 1. The molecule has 0 aromatic heterocycles. The van der Waals surface area contributed by atoms with Crippen LogP contribution in [0.1, 0.15) is 24.8 Å². The zero-order chi connectivity index (χ0) is 15.2. The third kappa shape index (κ3) is 4.21. The number of hydrogen-bond acceptors (Lipinski definition) is 3. The minimum Gasteiger partial charge on any atom is -0.399 e. The van der Waals surface area contributed by atoms with Crippen LogP contribution in [0.4, 0.5) is 5.69 Å². The van der Waals surface area contributed by atoms with Crippen LogP contribution in [0.15, 0.2) is 24.3 Å². The third-order valence-corrected chi connectivity index (χ3v) is 4.00. The van der Waals surface area contributed by atoms with Crippen molar-refractivity contribution in [1.29, 1.82) is 0 Å². The average Bonchev–Trinajstić information content (AvgIpc) is 2.53. The fourth-order valence-electron chi connectivity index (χ4n) is 2.72. The van der Waals surface area contributed by atoms with Crippen LogP contribution in [-0.4, -0.2) is 36.9 Å². The predicted octanol–water partition coefficient (Wildman–Crippen LogP) is 1.19. The van der Waals surface area contributed by atoms with Gasteiger partial charge in [0.1, 0.15) is 0 Å². The number of aryl methyl sites for hydroxylation is 1. The highest BCUT2D eigenvalue weighted by Crippen LogP contribution is 2.18. The van der Waals surface area contributed by atoms with Crippen molar-refractivity contribution in [2.75, 3.05) is 25.9 Å². The van der Waals surface area contributed by atoms with Gasteiger partial charge >= 0.3 is 0 Å². The van der Waals surface area contributed by atoms with Gasteiger partial charge in [-0.3, -0.25) is 9.59 Å². The Balaban J connectivity index is 1.85. The first-order valence-electron chi connectivity index (χ1n) is 7.44. The summed E-state index contributed by atoms with van der Waals surface area (Å²) in [6, 6.07) is 7.60. The van der Waals surface area contributed by atoms with E-state index in [0.29, 0.717) is 19.4 Å². The molecule has 114 valence electrons. The second-order valence-corrected chi connectivity index (χ2v) is 5.53. The van der Waals surface area contributed by atoms with Gasteiger partial charge in [0.25, 0.3) is 0 Å². The quantitative estimate of drug-likeness (QED) is 0.817. The molecule has 1 heterocycles. The lowest BCUT2D eigenvalue weighted by Gasteiger charge is -2.32. The number of piperidine rings is 1. The molecule has 2 rings (SSSR count). The lowest BCUT2D eigenvalue weighted by atomic mass is 9.96. The van der Waals surface area contributed by atoms with Crippen molar-refractivity contribution in [3.05, 3.63) is 29.8 Å². The summed E-state index contributed by atoms with van der Waals surface area (Å²) in [5, 5.41) is 2.67. The number of nitrogens with two attached hydrogens (primary N) is 1. The summed E-state index contributed by atoms with van der Waals surface area (Å²) in [7, 11) is 1.64. The van der Waals surface area contributed by atoms with Gasteiger partial charge in [-0.05, 0) is 37.0 Å². The van der Waals surface area contributed by atoms with Crippen LogP contribution in [-0.2, 0) is 16.0 Å². The van der Waals surface area contributed by atoms with Crippen LogP contribution >= 0.6 is 0 Å². The molecule has 21 heavy (non-hydrogen) atoms. The van der Waals surface area contributed by atoms with E-state index in [4.69, 9.17) is 5.73 Å². The number of rotatable bonds is 4. The Hall–Kier alpha value is -2.04. The largest absolute Gasteiger partial charge is 0.399 e. The van der Waals surface area contributed by atoms with Crippen molar-refractivity contribution in [3.8, 4) is 0 Å². The van der Waals surface area contributed by atoms with E-state index in [1.165, 1.54) is 0 Å². The minimum atomic E-state index is -0.0655. The number of carbonyl (C=O) groups excluding carboxylic acids is 2. The number of amides is 2. The number of hydrogen-bond donors (Lipinski definition) is 2. The van der Waals surface area contributed by atoms with Crippen molar-refractivity contribution in [2.24, 2.45) is 5.92 Å². The van der Waals surface area contributed by atoms with Gasteiger partial charge in [0.2, 0.25) is 11.8 Å². The van der Waals surface area contributed by atoms with Crippen LogP contribution in [0.25, 0.3) is 0 Å². The second-order valence-electron chi connectivity index (χ2n) is 5.53. The van der Waals surface area contributed by atoms with Crippen molar-refractivity contribution in [2.45, 2.75) is 25.7 Å². The van der Waals surface area contributed by atoms with E-state index >= 15 is 0 Å². The summed E-state index contributed by atoms with van der Waals surface area (Å²) in [5.41, 5.74) is 7.48. The van der Waals surface area contributed by atoms with Crippen LogP contribution in [0, 0.1) is 5.92 Å². The van der Waals surface area contributed by atoms with E-state index in [0.717, 1.165) is 30.6 Å². The Morgan fingerprint density at radius 1 is 1.33 bits per heavy atom. The van der Waals surface area contributed by atoms with E-state index in [9.17, 15) is 9.59 Å². The zero-order valence-corrected chi connectivity index (χ0v) is 12.5. The molecule has 1 aromatic carbocycles. The molecule has 0 saturated carbocycles. The van der Waals surface area contributed by atoms with Gasteiger partial charge in [-0.25, -0.2) is 0 Å². The summed E-state index contributed by atoms with van der Waals surface area (Å²) < 4.78 is 0. The third-order valence-electron chi connectivity index (χ3n) is 4.00. The van der Waals surface area contributed by atoms with Crippen molar-refractivity contribution < 1.29 is 9.59 Å². The molecule has 2 amide bonds. The molecule has 1 fully saturated rings. The van der Waals surface area contributed by atoms with Crippen LogP contribution < -0.4 is 11.1 Å². The van der Waals surface area contributed by atoms with Crippen molar-refractivity contribution in [1.82, 2.24) is 10.2 Å².